The van der Waals surface area contributed by atoms with Gasteiger partial charge in [0.05, 0.1) is 0 Å². The fourth-order valence-corrected chi connectivity index (χ4v) is 3.21. The van der Waals surface area contributed by atoms with E-state index in [0.717, 1.165) is 31.0 Å². The van der Waals surface area contributed by atoms with Crippen molar-refractivity contribution in [1.82, 2.24) is 4.90 Å². The first kappa shape index (κ1) is 14.0. The highest BCUT2D eigenvalue weighted by Crippen LogP contribution is 2.31. The Morgan fingerprint density at radius 2 is 1.69 bits per heavy atom. The molecule has 0 spiro atoms. The molecule has 2 unspecified atom stereocenters. The summed E-state index contributed by atoms with van der Waals surface area (Å²) >= 11 is 0. The molecule has 2 nitrogen and oxygen atoms in total. The zero-order chi connectivity index (χ0) is 12.0. The highest BCUT2D eigenvalue weighted by atomic mass is 15.2. The van der Waals surface area contributed by atoms with Crippen molar-refractivity contribution < 1.29 is 0 Å². The van der Waals surface area contributed by atoms with Gasteiger partial charge < -0.3 is 5.73 Å². The lowest BCUT2D eigenvalue weighted by Gasteiger charge is -2.39. The van der Waals surface area contributed by atoms with E-state index < -0.39 is 0 Å². The van der Waals surface area contributed by atoms with E-state index in [9.17, 15) is 0 Å². The van der Waals surface area contributed by atoms with Gasteiger partial charge in [0.15, 0.2) is 0 Å². The summed E-state index contributed by atoms with van der Waals surface area (Å²) in [5.74, 6) is 1.80. The maximum atomic E-state index is 5.74. The van der Waals surface area contributed by atoms with Gasteiger partial charge in [-0.2, -0.15) is 0 Å². The third-order valence-corrected chi connectivity index (χ3v) is 3.89. The number of hydrogen-bond donors (Lipinski definition) is 1. The van der Waals surface area contributed by atoms with Gasteiger partial charge >= 0.3 is 0 Å². The Labute approximate surface area is 102 Å². The lowest BCUT2D eigenvalue weighted by Crippen LogP contribution is -2.43. The number of rotatable bonds is 6. The molecule has 0 radical (unpaired) electrons. The van der Waals surface area contributed by atoms with Gasteiger partial charge in [-0.1, -0.05) is 27.2 Å². The molecule has 0 amide bonds. The van der Waals surface area contributed by atoms with E-state index >= 15 is 0 Å². The molecule has 0 aliphatic heterocycles. The SMILES string of the molecule is CCCCN(CCN)C1CC(C)CC(C)C1. The lowest BCUT2D eigenvalue weighted by atomic mass is 9.79. The highest BCUT2D eigenvalue weighted by Gasteiger charge is 2.27. The largest absolute Gasteiger partial charge is 0.329 e. The molecule has 2 atom stereocenters. The predicted molar refractivity (Wildman–Crippen MR) is 71.5 cm³/mol. The highest BCUT2D eigenvalue weighted by molar-refractivity contribution is 4.82. The molecular formula is C14H30N2. The Balaban J connectivity index is 2.47. The number of nitrogens with zero attached hydrogens (tertiary/aromatic N) is 1. The van der Waals surface area contributed by atoms with Crippen molar-refractivity contribution in [2.75, 3.05) is 19.6 Å². The minimum atomic E-state index is 0.800. The average Bonchev–Trinajstić information content (AvgIpc) is 2.22. The quantitative estimate of drug-likeness (QED) is 0.754. The molecule has 0 heterocycles. The summed E-state index contributed by atoms with van der Waals surface area (Å²) in [7, 11) is 0. The topological polar surface area (TPSA) is 29.3 Å². The number of nitrogens with two attached hydrogens (primary N) is 1. The molecule has 0 bridgehead atoms. The molecule has 1 rings (SSSR count). The number of unbranched alkanes of at least 4 members (excludes halogenated alkanes) is 1. The first-order valence-electron chi connectivity index (χ1n) is 7.11. The Hall–Kier alpha value is -0.0800. The van der Waals surface area contributed by atoms with Crippen molar-refractivity contribution in [1.29, 1.82) is 0 Å². The minimum absolute atomic E-state index is 0.800. The Morgan fingerprint density at radius 3 is 2.19 bits per heavy atom. The Bertz CT molecular complexity index is 172. The van der Waals surface area contributed by atoms with Gasteiger partial charge in [-0.15, -0.1) is 0 Å². The van der Waals surface area contributed by atoms with E-state index in [1.54, 1.807) is 0 Å². The van der Waals surface area contributed by atoms with Crippen molar-refractivity contribution in [3.8, 4) is 0 Å². The van der Waals surface area contributed by atoms with Crippen LogP contribution >= 0.6 is 0 Å². The fourth-order valence-electron chi connectivity index (χ4n) is 3.21. The summed E-state index contributed by atoms with van der Waals surface area (Å²) in [6, 6.07) is 0.800. The second-order valence-electron chi connectivity index (χ2n) is 5.75. The van der Waals surface area contributed by atoms with Crippen molar-refractivity contribution in [3.63, 3.8) is 0 Å². The molecule has 16 heavy (non-hydrogen) atoms. The molecular weight excluding hydrogens is 196 g/mol. The van der Waals surface area contributed by atoms with E-state index in [1.165, 1.54) is 38.6 Å². The van der Waals surface area contributed by atoms with Crippen LogP contribution in [0.25, 0.3) is 0 Å². The zero-order valence-corrected chi connectivity index (χ0v) is 11.4. The summed E-state index contributed by atoms with van der Waals surface area (Å²) in [6.45, 7) is 10.2. The normalized spacial score (nSPS) is 30.9. The molecule has 1 saturated carbocycles. The van der Waals surface area contributed by atoms with E-state index in [1.807, 2.05) is 0 Å². The minimum Gasteiger partial charge on any atom is -0.329 e. The molecule has 2 N–H and O–H groups in total. The summed E-state index contributed by atoms with van der Waals surface area (Å²) in [5.41, 5.74) is 5.74. The van der Waals surface area contributed by atoms with Crippen LogP contribution in [0, 0.1) is 11.8 Å². The van der Waals surface area contributed by atoms with Crippen molar-refractivity contribution in [2.24, 2.45) is 17.6 Å². The van der Waals surface area contributed by atoms with Crippen LogP contribution in [0.15, 0.2) is 0 Å². The Morgan fingerprint density at radius 1 is 1.06 bits per heavy atom. The third-order valence-electron chi connectivity index (χ3n) is 3.89. The summed E-state index contributed by atoms with van der Waals surface area (Å²) in [5, 5.41) is 0. The summed E-state index contributed by atoms with van der Waals surface area (Å²) < 4.78 is 0. The molecule has 0 aromatic heterocycles. The van der Waals surface area contributed by atoms with E-state index in [-0.39, 0.29) is 0 Å². The van der Waals surface area contributed by atoms with E-state index in [0.29, 0.717) is 0 Å². The van der Waals surface area contributed by atoms with Gasteiger partial charge in [-0.05, 0) is 44.1 Å². The monoisotopic (exact) mass is 226 g/mol. The van der Waals surface area contributed by atoms with Crippen LogP contribution in [-0.2, 0) is 0 Å². The van der Waals surface area contributed by atoms with E-state index in [4.69, 9.17) is 5.73 Å². The van der Waals surface area contributed by atoms with Crippen LogP contribution in [0.3, 0.4) is 0 Å². The molecule has 96 valence electrons. The molecule has 2 heteroatoms. The van der Waals surface area contributed by atoms with Crippen LogP contribution in [0.1, 0.15) is 52.9 Å². The molecule has 0 aromatic carbocycles. The molecule has 1 aliphatic carbocycles. The van der Waals surface area contributed by atoms with Gasteiger partial charge in [0.2, 0.25) is 0 Å². The molecule has 0 aromatic rings. The second kappa shape index (κ2) is 7.29. The van der Waals surface area contributed by atoms with Crippen LogP contribution in [0.5, 0.6) is 0 Å². The van der Waals surface area contributed by atoms with Crippen LogP contribution in [-0.4, -0.2) is 30.6 Å². The van der Waals surface area contributed by atoms with Crippen LogP contribution < -0.4 is 5.73 Å². The Kier molecular flexibility index (Phi) is 6.37. The third kappa shape index (κ3) is 4.42. The lowest BCUT2D eigenvalue weighted by molar-refractivity contribution is 0.111. The van der Waals surface area contributed by atoms with Gasteiger partial charge in [-0.25, -0.2) is 0 Å². The summed E-state index contributed by atoms with van der Waals surface area (Å²) in [6.07, 6.45) is 6.79. The summed E-state index contributed by atoms with van der Waals surface area (Å²) in [4.78, 5) is 2.65. The van der Waals surface area contributed by atoms with Crippen molar-refractivity contribution in [2.45, 2.75) is 58.9 Å². The standard InChI is InChI=1S/C14H30N2/c1-4-5-7-16(8-6-15)14-10-12(2)9-13(3)11-14/h12-14H,4-11,15H2,1-3H3. The smallest absolute Gasteiger partial charge is 0.0108 e. The van der Waals surface area contributed by atoms with E-state index in [2.05, 4.69) is 25.7 Å². The first-order valence-corrected chi connectivity index (χ1v) is 7.11. The predicted octanol–water partition coefficient (Wildman–Crippen LogP) is 2.87. The zero-order valence-electron chi connectivity index (χ0n) is 11.4. The second-order valence-corrected chi connectivity index (χ2v) is 5.75. The number of hydrogen-bond acceptors (Lipinski definition) is 2. The molecule has 1 fully saturated rings. The van der Waals surface area contributed by atoms with Crippen molar-refractivity contribution in [3.05, 3.63) is 0 Å². The van der Waals surface area contributed by atoms with Gasteiger partial charge in [0, 0.05) is 19.1 Å². The van der Waals surface area contributed by atoms with Crippen LogP contribution in [0.2, 0.25) is 0 Å². The van der Waals surface area contributed by atoms with Gasteiger partial charge in [0.25, 0.3) is 0 Å². The fraction of sp³-hybridized carbons (Fsp3) is 1.00. The van der Waals surface area contributed by atoms with Gasteiger partial charge in [-0.3, -0.25) is 4.90 Å². The molecule has 0 saturated heterocycles. The van der Waals surface area contributed by atoms with Gasteiger partial charge in [0.1, 0.15) is 0 Å². The maximum absolute atomic E-state index is 5.74. The molecule has 1 aliphatic rings. The van der Waals surface area contributed by atoms with Crippen LogP contribution in [0.4, 0.5) is 0 Å². The maximum Gasteiger partial charge on any atom is 0.0108 e. The average molecular weight is 226 g/mol. The first-order chi connectivity index (χ1) is 7.67. The van der Waals surface area contributed by atoms with Crippen molar-refractivity contribution >= 4 is 0 Å².